The number of carbonyl (C=O) groups excluding carboxylic acids is 1. The zero-order valence-electron chi connectivity index (χ0n) is 10.3. The summed E-state index contributed by atoms with van der Waals surface area (Å²) in [6.45, 7) is 1.65. The van der Waals surface area contributed by atoms with E-state index in [-0.39, 0.29) is 5.91 Å². The maximum atomic E-state index is 11.8. The molecule has 0 aliphatic heterocycles. The van der Waals surface area contributed by atoms with Crippen LogP contribution >= 0.6 is 11.3 Å². The van der Waals surface area contributed by atoms with Crippen LogP contribution in [0.4, 0.5) is 0 Å². The quantitative estimate of drug-likeness (QED) is 0.804. The van der Waals surface area contributed by atoms with Crippen molar-refractivity contribution in [1.29, 1.82) is 0 Å². The summed E-state index contributed by atoms with van der Waals surface area (Å²) in [5.74, 6) is 0.245. The van der Waals surface area contributed by atoms with E-state index in [4.69, 9.17) is 0 Å². The van der Waals surface area contributed by atoms with Gasteiger partial charge >= 0.3 is 0 Å². The Kier molecular flexibility index (Phi) is 4.57. The van der Waals surface area contributed by atoms with E-state index in [1.165, 1.54) is 17.7 Å². The van der Waals surface area contributed by atoms with Crippen molar-refractivity contribution < 1.29 is 4.79 Å². The Morgan fingerprint density at radius 2 is 2.41 bits per heavy atom. The Balaban J connectivity index is 1.60. The van der Waals surface area contributed by atoms with Crippen LogP contribution in [0.5, 0.6) is 0 Å². The molecule has 0 bridgehead atoms. The lowest BCUT2D eigenvalue weighted by Gasteiger charge is -2.16. The fraction of sp³-hybridized carbons (Fsp3) is 0.615. The fourth-order valence-corrected chi connectivity index (χ4v) is 2.42. The monoisotopic (exact) mass is 252 g/mol. The molecule has 1 N–H and O–H groups in total. The average molecular weight is 252 g/mol. The molecule has 3 nitrogen and oxygen atoms in total. The molecule has 1 fully saturated rings. The number of thiophene rings is 1. The van der Waals surface area contributed by atoms with Crippen LogP contribution in [-0.4, -0.2) is 37.0 Å². The highest BCUT2D eigenvalue weighted by Gasteiger charge is 2.20. The molecule has 17 heavy (non-hydrogen) atoms. The van der Waals surface area contributed by atoms with Crippen LogP contribution in [0.25, 0.3) is 0 Å². The van der Waals surface area contributed by atoms with Crippen LogP contribution in [0.1, 0.15) is 24.1 Å². The second kappa shape index (κ2) is 6.17. The number of hydrogen-bond acceptors (Lipinski definition) is 3. The molecule has 0 saturated heterocycles. The van der Waals surface area contributed by atoms with Crippen molar-refractivity contribution in [3.05, 3.63) is 22.4 Å². The highest BCUT2D eigenvalue weighted by Crippen LogP contribution is 2.18. The third kappa shape index (κ3) is 4.48. The summed E-state index contributed by atoms with van der Waals surface area (Å²) in [7, 11) is 1.90. The minimum Gasteiger partial charge on any atom is -0.345 e. The Morgan fingerprint density at radius 1 is 1.59 bits per heavy atom. The number of nitrogens with one attached hydrogen (secondary N) is 1. The number of rotatable bonds is 7. The molecule has 1 heterocycles. The van der Waals surface area contributed by atoms with Crippen molar-refractivity contribution in [3.8, 4) is 0 Å². The predicted octanol–water partition coefficient (Wildman–Crippen LogP) is 1.89. The average Bonchev–Trinajstić information content (AvgIpc) is 3.00. The molecule has 0 unspecified atom stereocenters. The normalized spacial score (nSPS) is 14.9. The van der Waals surface area contributed by atoms with Gasteiger partial charge in [-0.15, -0.1) is 11.3 Å². The highest BCUT2D eigenvalue weighted by molar-refractivity contribution is 7.09. The van der Waals surface area contributed by atoms with E-state index in [0.717, 1.165) is 19.5 Å². The maximum Gasteiger partial charge on any atom is 0.223 e. The molecule has 1 aliphatic rings. The summed E-state index contributed by atoms with van der Waals surface area (Å²) in [6, 6.07) is 4.87. The molecule has 1 aromatic rings. The summed E-state index contributed by atoms with van der Waals surface area (Å²) >= 11 is 1.76. The van der Waals surface area contributed by atoms with Crippen LogP contribution < -0.4 is 5.32 Å². The molecule has 1 amide bonds. The Bertz CT molecular complexity index is 346. The molecule has 0 atom stereocenters. The molecular weight excluding hydrogens is 232 g/mol. The van der Waals surface area contributed by atoms with Gasteiger partial charge in [0.1, 0.15) is 0 Å². The van der Waals surface area contributed by atoms with Gasteiger partial charge in [-0.25, -0.2) is 0 Å². The maximum absolute atomic E-state index is 11.8. The van der Waals surface area contributed by atoms with Gasteiger partial charge in [0, 0.05) is 37.5 Å². The molecule has 1 aromatic heterocycles. The third-order valence-electron chi connectivity index (χ3n) is 3.05. The smallest absolute Gasteiger partial charge is 0.223 e. The fourth-order valence-electron chi connectivity index (χ4n) is 1.72. The molecule has 0 radical (unpaired) electrons. The van der Waals surface area contributed by atoms with Crippen molar-refractivity contribution in [2.45, 2.75) is 31.7 Å². The van der Waals surface area contributed by atoms with Crippen LogP contribution in [0, 0.1) is 0 Å². The first-order valence-electron chi connectivity index (χ1n) is 6.25. The predicted molar refractivity (Wildman–Crippen MR) is 71.3 cm³/mol. The highest BCUT2D eigenvalue weighted by atomic mass is 32.1. The van der Waals surface area contributed by atoms with E-state index in [9.17, 15) is 4.79 Å². The Labute approximate surface area is 107 Å². The van der Waals surface area contributed by atoms with Crippen molar-refractivity contribution in [1.82, 2.24) is 10.2 Å². The van der Waals surface area contributed by atoms with E-state index in [1.54, 1.807) is 11.3 Å². The van der Waals surface area contributed by atoms with Crippen LogP contribution in [-0.2, 0) is 11.2 Å². The van der Waals surface area contributed by atoms with Crippen LogP contribution in [0.15, 0.2) is 17.5 Å². The molecule has 4 heteroatoms. The summed E-state index contributed by atoms with van der Waals surface area (Å²) in [4.78, 5) is 15.0. The Hall–Kier alpha value is -0.870. The SMILES string of the molecule is CN(CCc1cccs1)C(=O)CCNC1CC1. The van der Waals surface area contributed by atoms with E-state index in [0.29, 0.717) is 12.5 Å². The van der Waals surface area contributed by atoms with E-state index in [2.05, 4.69) is 22.8 Å². The zero-order chi connectivity index (χ0) is 12.1. The van der Waals surface area contributed by atoms with Crippen LogP contribution in [0.3, 0.4) is 0 Å². The molecule has 1 aliphatic carbocycles. The summed E-state index contributed by atoms with van der Waals surface area (Å²) < 4.78 is 0. The minimum atomic E-state index is 0.245. The van der Waals surface area contributed by atoms with Gasteiger partial charge in [0.15, 0.2) is 0 Å². The molecule has 1 saturated carbocycles. The number of amides is 1. The van der Waals surface area contributed by atoms with Gasteiger partial charge in [-0.2, -0.15) is 0 Å². The standard InChI is InChI=1S/C13H20N2OS/c1-15(9-7-12-3-2-10-17-12)13(16)6-8-14-11-4-5-11/h2-3,10-11,14H,4-9H2,1H3. The molecular formula is C13H20N2OS. The second-order valence-corrected chi connectivity index (χ2v) is 5.66. The van der Waals surface area contributed by atoms with E-state index in [1.807, 2.05) is 11.9 Å². The molecule has 0 aromatic carbocycles. The van der Waals surface area contributed by atoms with Crippen molar-refractivity contribution >= 4 is 17.2 Å². The third-order valence-corrected chi connectivity index (χ3v) is 3.98. The minimum absolute atomic E-state index is 0.245. The largest absolute Gasteiger partial charge is 0.345 e. The zero-order valence-corrected chi connectivity index (χ0v) is 11.1. The summed E-state index contributed by atoms with van der Waals surface area (Å²) in [6.07, 6.45) is 4.15. The number of nitrogens with zero attached hydrogens (tertiary/aromatic N) is 1. The van der Waals surface area contributed by atoms with Crippen molar-refractivity contribution in [3.63, 3.8) is 0 Å². The molecule has 0 spiro atoms. The van der Waals surface area contributed by atoms with Crippen molar-refractivity contribution in [2.24, 2.45) is 0 Å². The lowest BCUT2D eigenvalue weighted by atomic mass is 10.3. The molecule has 2 rings (SSSR count). The van der Waals surface area contributed by atoms with Gasteiger partial charge in [-0.05, 0) is 30.7 Å². The Morgan fingerprint density at radius 3 is 3.06 bits per heavy atom. The lowest BCUT2D eigenvalue weighted by molar-refractivity contribution is -0.129. The lowest BCUT2D eigenvalue weighted by Crippen LogP contribution is -2.31. The summed E-state index contributed by atoms with van der Waals surface area (Å²) in [5, 5.41) is 5.45. The second-order valence-electron chi connectivity index (χ2n) is 4.62. The van der Waals surface area contributed by atoms with Gasteiger partial charge < -0.3 is 10.2 Å². The van der Waals surface area contributed by atoms with Gasteiger partial charge in [0.05, 0.1) is 0 Å². The summed E-state index contributed by atoms with van der Waals surface area (Å²) in [5.41, 5.74) is 0. The van der Waals surface area contributed by atoms with Crippen molar-refractivity contribution in [2.75, 3.05) is 20.1 Å². The van der Waals surface area contributed by atoms with Crippen LogP contribution in [0.2, 0.25) is 0 Å². The number of carbonyl (C=O) groups is 1. The van der Waals surface area contributed by atoms with Gasteiger partial charge in [-0.1, -0.05) is 6.07 Å². The molecule has 94 valence electrons. The number of likely N-dealkylation sites (N-methyl/N-ethyl adjacent to an activating group) is 1. The van der Waals surface area contributed by atoms with Gasteiger partial charge in [-0.3, -0.25) is 4.79 Å². The first kappa shape index (κ1) is 12.6. The first-order chi connectivity index (χ1) is 8.25. The topological polar surface area (TPSA) is 32.3 Å². The van der Waals surface area contributed by atoms with E-state index >= 15 is 0 Å². The van der Waals surface area contributed by atoms with Gasteiger partial charge in [0.2, 0.25) is 5.91 Å². The number of hydrogen-bond donors (Lipinski definition) is 1. The van der Waals surface area contributed by atoms with Gasteiger partial charge in [0.25, 0.3) is 0 Å². The first-order valence-corrected chi connectivity index (χ1v) is 7.13. The van der Waals surface area contributed by atoms with E-state index < -0.39 is 0 Å².